The number of aryl methyl sites for hydroxylation is 1. The standard InChI is InChI=1S/C21H18N4OS/c1-15-7-9-17(10-8-15)14-27-21-24-19-18(22-11-12-23-19)20(26)25(21)13-16-5-3-2-4-6-16/h2-12H,13-14H2,1H3. The highest BCUT2D eigenvalue weighted by molar-refractivity contribution is 7.98. The predicted octanol–water partition coefficient (Wildman–Crippen LogP) is 3.84. The summed E-state index contributed by atoms with van der Waals surface area (Å²) in [5.41, 5.74) is 3.98. The van der Waals surface area contributed by atoms with Crippen molar-refractivity contribution in [2.45, 2.75) is 24.4 Å². The van der Waals surface area contributed by atoms with Gasteiger partial charge in [-0.2, -0.15) is 0 Å². The molecule has 2 aromatic heterocycles. The molecule has 0 spiro atoms. The lowest BCUT2D eigenvalue weighted by Crippen LogP contribution is -2.25. The Morgan fingerprint density at radius 3 is 2.44 bits per heavy atom. The van der Waals surface area contributed by atoms with Crippen LogP contribution in [0.15, 0.2) is 76.9 Å². The zero-order valence-corrected chi connectivity index (χ0v) is 15.7. The maximum absolute atomic E-state index is 13.0. The van der Waals surface area contributed by atoms with Gasteiger partial charge in [0.05, 0.1) is 6.54 Å². The molecule has 0 N–H and O–H groups in total. The van der Waals surface area contributed by atoms with Crippen molar-refractivity contribution in [1.82, 2.24) is 19.5 Å². The summed E-state index contributed by atoms with van der Waals surface area (Å²) in [4.78, 5) is 26.0. The van der Waals surface area contributed by atoms with Crippen LogP contribution in [0.4, 0.5) is 0 Å². The first-order chi connectivity index (χ1) is 13.2. The zero-order chi connectivity index (χ0) is 18.6. The highest BCUT2D eigenvalue weighted by Gasteiger charge is 2.14. The maximum Gasteiger partial charge on any atom is 0.282 e. The van der Waals surface area contributed by atoms with Crippen LogP contribution in [0.5, 0.6) is 0 Å². The maximum atomic E-state index is 13.0. The van der Waals surface area contributed by atoms with Crippen LogP contribution in [0.1, 0.15) is 16.7 Å². The van der Waals surface area contributed by atoms with E-state index in [9.17, 15) is 4.79 Å². The summed E-state index contributed by atoms with van der Waals surface area (Å²) in [6.07, 6.45) is 3.09. The third-order valence-corrected chi connectivity index (χ3v) is 5.28. The first kappa shape index (κ1) is 17.4. The van der Waals surface area contributed by atoms with Gasteiger partial charge in [-0.15, -0.1) is 0 Å². The van der Waals surface area contributed by atoms with Gasteiger partial charge in [0, 0.05) is 18.1 Å². The molecule has 0 atom stereocenters. The summed E-state index contributed by atoms with van der Waals surface area (Å²) in [6.45, 7) is 2.52. The summed E-state index contributed by atoms with van der Waals surface area (Å²) in [5.74, 6) is 0.729. The molecule has 0 aliphatic carbocycles. The molecule has 0 amide bonds. The van der Waals surface area contributed by atoms with Gasteiger partial charge in [-0.3, -0.25) is 9.36 Å². The van der Waals surface area contributed by atoms with Crippen molar-refractivity contribution < 1.29 is 0 Å². The average Bonchev–Trinajstić information content (AvgIpc) is 2.71. The van der Waals surface area contributed by atoms with Gasteiger partial charge < -0.3 is 0 Å². The first-order valence-electron chi connectivity index (χ1n) is 8.64. The number of fused-ring (bicyclic) bond motifs is 1. The zero-order valence-electron chi connectivity index (χ0n) is 14.9. The van der Waals surface area contributed by atoms with E-state index in [1.54, 1.807) is 10.8 Å². The minimum Gasteiger partial charge on any atom is -0.281 e. The van der Waals surface area contributed by atoms with Gasteiger partial charge in [0.25, 0.3) is 5.56 Å². The molecule has 27 heavy (non-hydrogen) atoms. The van der Waals surface area contributed by atoms with Crippen LogP contribution in [0, 0.1) is 6.92 Å². The van der Waals surface area contributed by atoms with Crippen molar-refractivity contribution in [2.75, 3.05) is 0 Å². The third kappa shape index (κ3) is 3.90. The van der Waals surface area contributed by atoms with E-state index in [0.717, 1.165) is 11.3 Å². The molecule has 0 aliphatic heterocycles. The second-order valence-electron chi connectivity index (χ2n) is 6.27. The highest BCUT2D eigenvalue weighted by Crippen LogP contribution is 2.22. The number of thioether (sulfide) groups is 1. The molecule has 0 unspecified atom stereocenters. The van der Waals surface area contributed by atoms with E-state index >= 15 is 0 Å². The van der Waals surface area contributed by atoms with Crippen molar-refractivity contribution >= 4 is 22.9 Å². The lowest BCUT2D eigenvalue weighted by atomic mass is 10.2. The SMILES string of the molecule is Cc1ccc(CSc2nc3nccnc3c(=O)n2Cc2ccccc2)cc1. The second kappa shape index (κ2) is 7.72. The van der Waals surface area contributed by atoms with Gasteiger partial charge in [-0.05, 0) is 18.1 Å². The normalized spacial score (nSPS) is 11.0. The first-order valence-corrected chi connectivity index (χ1v) is 9.63. The number of nitrogens with zero attached hydrogens (tertiary/aromatic N) is 4. The van der Waals surface area contributed by atoms with E-state index in [4.69, 9.17) is 0 Å². The van der Waals surface area contributed by atoms with E-state index < -0.39 is 0 Å². The molecule has 0 fully saturated rings. The average molecular weight is 374 g/mol. The van der Waals surface area contributed by atoms with Crippen molar-refractivity contribution in [3.63, 3.8) is 0 Å². The van der Waals surface area contributed by atoms with Crippen molar-refractivity contribution in [3.8, 4) is 0 Å². The minimum absolute atomic E-state index is 0.164. The van der Waals surface area contributed by atoms with Crippen LogP contribution in [0.2, 0.25) is 0 Å². The molecule has 0 radical (unpaired) electrons. The number of benzene rings is 2. The van der Waals surface area contributed by atoms with Gasteiger partial charge in [-0.1, -0.05) is 71.9 Å². The van der Waals surface area contributed by atoms with Gasteiger partial charge in [0.2, 0.25) is 0 Å². The van der Waals surface area contributed by atoms with E-state index in [0.29, 0.717) is 22.9 Å². The molecular formula is C21H18N4OS. The molecule has 4 rings (SSSR count). The topological polar surface area (TPSA) is 60.7 Å². The summed E-state index contributed by atoms with van der Waals surface area (Å²) < 4.78 is 1.69. The molecule has 2 heterocycles. The Labute approximate surface area is 161 Å². The van der Waals surface area contributed by atoms with Crippen molar-refractivity contribution in [3.05, 3.63) is 94.0 Å². The highest BCUT2D eigenvalue weighted by atomic mass is 32.2. The fourth-order valence-electron chi connectivity index (χ4n) is 2.78. The fourth-order valence-corrected chi connectivity index (χ4v) is 3.72. The Bertz CT molecular complexity index is 1120. The third-order valence-electron chi connectivity index (χ3n) is 4.23. The van der Waals surface area contributed by atoms with Crippen LogP contribution in [-0.4, -0.2) is 19.5 Å². The lowest BCUT2D eigenvalue weighted by molar-refractivity contribution is 0.654. The van der Waals surface area contributed by atoms with Gasteiger partial charge in [0.15, 0.2) is 16.3 Å². The summed E-state index contributed by atoms with van der Waals surface area (Å²) in [7, 11) is 0. The Hall–Kier alpha value is -2.99. The molecule has 134 valence electrons. The number of aromatic nitrogens is 4. The summed E-state index contributed by atoms with van der Waals surface area (Å²) in [5, 5.41) is 0.650. The van der Waals surface area contributed by atoms with E-state index in [1.807, 2.05) is 30.3 Å². The number of hydrogen-bond acceptors (Lipinski definition) is 5. The molecular weight excluding hydrogens is 356 g/mol. The Kier molecular flexibility index (Phi) is 4.98. The van der Waals surface area contributed by atoms with Gasteiger partial charge >= 0.3 is 0 Å². The monoisotopic (exact) mass is 374 g/mol. The number of hydrogen-bond donors (Lipinski definition) is 0. The second-order valence-corrected chi connectivity index (χ2v) is 7.22. The molecule has 0 aliphatic rings. The van der Waals surface area contributed by atoms with Crippen molar-refractivity contribution in [1.29, 1.82) is 0 Å². The lowest BCUT2D eigenvalue weighted by Gasteiger charge is -2.12. The summed E-state index contributed by atoms with van der Waals surface area (Å²) >= 11 is 1.54. The van der Waals surface area contributed by atoms with E-state index in [-0.39, 0.29) is 5.56 Å². The predicted molar refractivity (Wildman–Crippen MR) is 108 cm³/mol. The molecule has 0 bridgehead atoms. The molecule has 0 saturated carbocycles. The smallest absolute Gasteiger partial charge is 0.281 e. The Balaban J connectivity index is 1.73. The van der Waals surface area contributed by atoms with Crippen molar-refractivity contribution in [2.24, 2.45) is 0 Å². The fraction of sp³-hybridized carbons (Fsp3) is 0.143. The molecule has 5 nitrogen and oxygen atoms in total. The molecule has 6 heteroatoms. The molecule has 0 saturated heterocycles. The van der Waals surface area contributed by atoms with Crippen LogP contribution in [-0.2, 0) is 12.3 Å². The van der Waals surface area contributed by atoms with Crippen LogP contribution >= 0.6 is 11.8 Å². The Morgan fingerprint density at radius 1 is 0.926 bits per heavy atom. The van der Waals surface area contributed by atoms with Crippen LogP contribution < -0.4 is 5.56 Å². The number of rotatable bonds is 5. The van der Waals surface area contributed by atoms with E-state index in [2.05, 4.69) is 46.1 Å². The minimum atomic E-state index is -0.164. The molecule has 4 aromatic rings. The van der Waals surface area contributed by atoms with E-state index in [1.165, 1.54) is 29.1 Å². The van der Waals surface area contributed by atoms with Crippen LogP contribution in [0.3, 0.4) is 0 Å². The van der Waals surface area contributed by atoms with Gasteiger partial charge in [0.1, 0.15) is 0 Å². The molecule has 2 aromatic carbocycles. The largest absolute Gasteiger partial charge is 0.282 e. The Morgan fingerprint density at radius 2 is 1.67 bits per heavy atom. The van der Waals surface area contributed by atoms with Gasteiger partial charge in [-0.25, -0.2) is 15.0 Å². The van der Waals surface area contributed by atoms with Crippen LogP contribution in [0.25, 0.3) is 11.2 Å². The quantitative estimate of drug-likeness (QED) is 0.392. The summed E-state index contributed by atoms with van der Waals surface area (Å²) in [6, 6.07) is 18.3.